The van der Waals surface area contributed by atoms with Crippen molar-refractivity contribution in [3.05, 3.63) is 65.1 Å². The summed E-state index contributed by atoms with van der Waals surface area (Å²) in [5.41, 5.74) is 3.76. The number of amides is 1. The predicted molar refractivity (Wildman–Crippen MR) is 119 cm³/mol. The van der Waals surface area contributed by atoms with Gasteiger partial charge in [-0.25, -0.2) is 4.98 Å². The zero-order chi connectivity index (χ0) is 21.5. The number of para-hydroxylation sites is 1. The van der Waals surface area contributed by atoms with Crippen molar-refractivity contribution in [3.8, 4) is 0 Å². The van der Waals surface area contributed by atoms with Crippen LogP contribution in [-0.2, 0) is 22.6 Å². The van der Waals surface area contributed by atoms with E-state index < -0.39 is 0 Å². The number of anilines is 1. The van der Waals surface area contributed by atoms with Crippen molar-refractivity contribution in [1.82, 2.24) is 9.88 Å². The minimum Gasteiger partial charge on any atom is -0.459 e. The Labute approximate surface area is 176 Å². The maximum absolute atomic E-state index is 12.6. The molecule has 0 aliphatic rings. The third-order valence-electron chi connectivity index (χ3n) is 5.11. The Balaban J connectivity index is 1.69. The minimum absolute atomic E-state index is 0.116. The number of carbonyl (C=O) groups excluding carboxylic acids is 2. The zero-order valence-corrected chi connectivity index (χ0v) is 17.6. The van der Waals surface area contributed by atoms with Gasteiger partial charge in [0.25, 0.3) is 0 Å². The van der Waals surface area contributed by atoms with Gasteiger partial charge in [-0.2, -0.15) is 0 Å². The molecule has 156 valence electrons. The highest BCUT2D eigenvalue weighted by Crippen LogP contribution is 2.25. The first-order valence-electron chi connectivity index (χ1n) is 10.0. The molecule has 30 heavy (non-hydrogen) atoms. The Hall–Kier alpha value is -3.41. The van der Waals surface area contributed by atoms with Crippen LogP contribution in [0.5, 0.6) is 0 Å². The summed E-state index contributed by atoms with van der Waals surface area (Å²) in [6, 6.07) is 9.87. The van der Waals surface area contributed by atoms with Gasteiger partial charge in [-0.3, -0.25) is 4.79 Å². The number of rotatable bonds is 9. The van der Waals surface area contributed by atoms with Crippen LogP contribution in [0.2, 0.25) is 0 Å². The molecular weight excluding hydrogens is 378 g/mol. The van der Waals surface area contributed by atoms with Crippen molar-refractivity contribution in [2.24, 2.45) is 0 Å². The van der Waals surface area contributed by atoms with Gasteiger partial charge in [-0.05, 0) is 49.1 Å². The molecule has 1 N–H and O–H groups in total. The van der Waals surface area contributed by atoms with Crippen LogP contribution in [0.4, 0.5) is 5.82 Å². The van der Waals surface area contributed by atoms with Crippen LogP contribution < -0.4 is 5.32 Å². The monoisotopic (exact) mass is 405 g/mol. The summed E-state index contributed by atoms with van der Waals surface area (Å²) in [6.07, 6.45) is 8.00. The highest BCUT2D eigenvalue weighted by Gasteiger charge is 2.14. The Bertz CT molecular complexity index is 1070. The number of nitrogens with zero attached hydrogens (tertiary/aromatic N) is 2. The maximum Gasteiger partial charge on any atom is 0.246 e. The highest BCUT2D eigenvalue weighted by molar-refractivity contribution is 5.91. The Morgan fingerprint density at radius 1 is 1.30 bits per heavy atom. The number of aromatic nitrogens is 1. The Morgan fingerprint density at radius 2 is 2.10 bits per heavy atom. The molecule has 3 rings (SSSR count). The van der Waals surface area contributed by atoms with Crippen LogP contribution in [-0.4, -0.2) is 36.2 Å². The maximum atomic E-state index is 12.6. The van der Waals surface area contributed by atoms with E-state index in [1.807, 2.05) is 44.3 Å². The van der Waals surface area contributed by atoms with Gasteiger partial charge < -0.3 is 19.4 Å². The number of carbonyl (C=O) groups is 2. The smallest absolute Gasteiger partial charge is 0.246 e. The van der Waals surface area contributed by atoms with E-state index >= 15 is 0 Å². The molecule has 0 aliphatic heterocycles. The number of aldehydes is 1. The van der Waals surface area contributed by atoms with Gasteiger partial charge in [0.1, 0.15) is 23.4 Å². The quantitative estimate of drug-likeness (QED) is 0.325. The molecule has 3 aromatic rings. The lowest BCUT2D eigenvalue weighted by molar-refractivity contribution is -0.125. The van der Waals surface area contributed by atoms with Crippen molar-refractivity contribution >= 4 is 35.1 Å². The molecule has 6 heteroatoms. The van der Waals surface area contributed by atoms with E-state index in [0.29, 0.717) is 13.0 Å². The number of likely N-dealkylation sites (N-methyl/N-ethyl adjacent to an activating group) is 1. The molecule has 2 aromatic heterocycles. The first kappa shape index (κ1) is 21.3. The molecule has 0 spiro atoms. The van der Waals surface area contributed by atoms with Gasteiger partial charge in [-0.1, -0.05) is 18.2 Å². The normalized spacial score (nSPS) is 11.2. The standard InChI is InChI=1S/C24H27N3O3/c1-17-20-9-4-5-10-21(20)30-22(17)16-27(3)23(29)12-11-18-14-19(8-6-7-13-28)24(25-2)26-15-18/h4-5,9-15H,6-8,16H2,1-3H3,(H,25,26)/b12-11+. The molecule has 0 fully saturated rings. The number of furan rings is 1. The molecule has 0 unspecified atom stereocenters. The number of hydrogen-bond donors (Lipinski definition) is 1. The van der Waals surface area contributed by atoms with Crippen LogP contribution in [0.3, 0.4) is 0 Å². The van der Waals surface area contributed by atoms with Crippen LogP contribution in [0.25, 0.3) is 17.0 Å². The van der Waals surface area contributed by atoms with E-state index in [2.05, 4.69) is 10.3 Å². The molecule has 1 amide bonds. The lowest BCUT2D eigenvalue weighted by Gasteiger charge is -2.14. The summed E-state index contributed by atoms with van der Waals surface area (Å²) in [7, 11) is 3.58. The summed E-state index contributed by atoms with van der Waals surface area (Å²) >= 11 is 0. The molecule has 1 aromatic carbocycles. The van der Waals surface area contributed by atoms with Gasteiger partial charge in [0.05, 0.1) is 6.54 Å². The number of hydrogen-bond acceptors (Lipinski definition) is 5. The highest BCUT2D eigenvalue weighted by atomic mass is 16.3. The average molecular weight is 405 g/mol. The second-order valence-corrected chi connectivity index (χ2v) is 7.26. The third-order valence-corrected chi connectivity index (χ3v) is 5.11. The first-order chi connectivity index (χ1) is 14.5. The van der Waals surface area contributed by atoms with Gasteiger partial charge >= 0.3 is 0 Å². The number of fused-ring (bicyclic) bond motifs is 1. The van der Waals surface area contributed by atoms with Crippen molar-refractivity contribution in [2.45, 2.75) is 32.7 Å². The van der Waals surface area contributed by atoms with E-state index in [0.717, 1.165) is 58.4 Å². The van der Waals surface area contributed by atoms with E-state index in [-0.39, 0.29) is 5.91 Å². The van der Waals surface area contributed by atoms with E-state index in [9.17, 15) is 9.59 Å². The number of nitrogens with one attached hydrogen (secondary N) is 1. The lowest BCUT2D eigenvalue weighted by atomic mass is 10.1. The van der Waals surface area contributed by atoms with Crippen molar-refractivity contribution in [2.75, 3.05) is 19.4 Å². The van der Waals surface area contributed by atoms with Crippen molar-refractivity contribution in [3.63, 3.8) is 0 Å². The third kappa shape index (κ3) is 4.95. The molecule has 0 bridgehead atoms. The number of unbranched alkanes of at least 4 members (excludes halogenated alkanes) is 1. The fraction of sp³-hybridized carbons (Fsp3) is 0.292. The van der Waals surface area contributed by atoms with Gasteiger partial charge in [-0.15, -0.1) is 0 Å². The number of pyridine rings is 1. The fourth-order valence-electron chi connectivity index (χ4n) is 3.38. The van der Waals surface area contributed by atoms with Crippen molar-refractivity contribution < 1.29 is 14.0 Å². The molecule has 0 atom stereocenters. The van der Waals surface area contributed by atoms with Crippen molar-refractivity contribution in [1.29, 1.82) is 0 Å². The van der Waals surface area contributed by atoms with E-state index in [1.165, 1.54) is 0 Å². The molecule has 0 aliphatic carbocycles. The minimum atomic E-state index is -0.116. The molecular formula is C24H27N3O3. The Kier molecular flexibility index (Phi) is 7.01. The summed E-state index contributed by atoms with van der Waals surface area (Å²) in [6.45, 7) is 2.41. The summed E-state index contributed by atoms with van der Waals surface area (Å²) in [4.78, 5) is 29.2. The largest absolute Gasteiger partial charge is 0.459 e. The van der Waals surface area contributed by atoms with Gasteiger partial charge in [0, 0.05) is 43.7 Å². The molecule has 2 heterocycles. The lowest BCUT2D eigenvalue weighted by Crippen LogP contribution is -2.24. The number of benzene rings is 1. The van der Waals surface area contributed by atoms with Gasteiger partial charge in [0.15, 0.2) is 0 Å². The first-order valence-corrected chi connectivity index (χ1v) is 10.0. The topological polar surface area (TPSA) is 75.4 Å². The summed E-state index contributed by atoms with van der Waals surface area (Å²) < 4.78 is 5.91. The predicted octanol–water partition coefficient (Wildman–Crippen LogP) is 4.37. The number of aryl methyl sites for hydroxylation is 2. The van der Waals surface area contributed by atoms with Crippen LogP contribution in [0, 0.1) is 6.92 Å². The summed E-state index contributed by atoms with van der Waals surface area (Å²) in [5, 5.41) is 4.14. The van der Waals surface area contributed by atoms with E-state index in [4.69, 9.17) is 4.42 Å². The SMILES string of the molecule is CNc1ncc(/C=C/C(=O)N(C)Cc2oc3ccccc3c2C)cc1CCCC=O. The Morgan fingerprint density at radius 3 is 2.83 bits per heavy atom. The average Bonchev–Trinajstić information content (AvgIpc) is 3.07. The molecule has 6 nitrogen and oxygen atoms in total. The van der Waals surface area contributed by atoms with E-state index in [1.54, 1.807) is 30.3 Å². The second kappa shape index (κ2) is 9.87. The zero-order valence-electron chi connectivity index (χ0n) is 17.6. The fourth-order valence-corrected chi connectivity index (χ4v) is 3.38. The molecule has 0 saturated heterocycles. The van der Waals surface area contributed by atoms with Gasteiger partial charge in [0.2, 0.25) is 5.91 Å². The second-order valence-electron chi connectivity index (χ2n) is 7.26. The van der Waals surface area contributed by atoms with Crippen LogP contribution in [0.1, 0.15) is 35.3 Å². The van der Waals surface area contributed by atoms with Crippen LogP contribution in [0.15, 0.2) is 47.0 Å². The summed E-state index contributed by atoms with van der Waals surface area (Å²) in [5.74, 6) is 1.47. The molecule has 0 radical (unpaired) electrons. The molecule has 0 saturated carbocycles. The van der Waals surface area contributed by atoms with Crippen LogP contribution >= 0.6 is 0 Å².